The summed E-state index contributed by atoms with van der Waals surface area (Å²) in [5, 5.41) is 3.54. The molecule has 2 aliphatic carbocycles. The van der Waals surface area contributed by atoms with Crippen LogP contribution in [0.4, 0.5) is 0 Å². The van der Waals surface area contributed by atoms with Gasteiger partial charge in [-0.25, -0.2) is 0 Å². The van der Waals surface area contributed by atoms with Gasteiger partial charge in [-0.05, 0) is 0 Å². The zero-order chi connectivity index (χ0) is 29.5. The van der Waals surface area contributed by atoms with Crippen LogP contribution in [-0.4, -0.2) is 8.07 Å². The van der Waals surface area contributed by atoms with Gasteiger partial charge < -0.3 is 24.8 Å². The van der Waals surface area contributed by atoms with Crippen LogP contribution in [0.2, 0.25) is 13.1 Å². The molecule has 0 fully saturated rings. The third-order valence-electron chi connectivity index (χ3n) is 10.1. The Hall–Kier alpha value is -1.96. The van der Waals surface area contributed by atoms with Crippen molar-refractivity contribution in [2.45, 2.75) is 61.9 Å². The number of aryl methyl sites for hydroxylation is 2. The van der Waals surface area contributed by atoms with E-state index in [-0.39, 0.29) is 24.8 Å². The fourth-order valence-corrected chi connectivity index (χ4v) is 19.5. The van der Waals surface area contributed by atoms with E-state index < -0.39 is 31.3 Å². The van der Waals surface area contributed by atoms with Crippen molar-refractivity contribution in [3.63, 3.8) is 0 Å². The molecule has 0 amide bonds. The first kappa shape index (κ1) is 33.4. The molecule has 0 spiro atoms. The van der Waals surface area contributed by atoms with E-state index in [0.717, 1.165) is 0 Å². The summed E-state index contributed by atoms with van der Waals surface area (Å²) >= 11 is -0.975. The van der Waals surface area contributed by atoms with Gasteiger partial charge in [0.15, 0.2) is 0 Å². The van der Waals surface area contributed by atoms with Gasteiger partial charge in [-0.3, -0.25) is 0 Å². The van der Waals surface area contributed by atoms with Crippen LogP contribution in [0.15, 0.2) is 96.1 Å². The molecular formula is C40H42Cl2SiZr. The first-order chi connectivity index (χ1) is 20.1. The smallest absolute Gasteiger partial charge is 1.00 e. The summed E-state index contributed by atoms with van der Waals surface area (Å²) in [5.41, 5.74) is 18.5. The number of halogens is 2. The van der Waals surface area contributed by atoms with Gasteiger partial charge in [-0.2, -0.15) is 0 Å². The summed E-state index contributed by atoms with van der Waals surface area (Å²) in [6.07, 6.45) is 0. The standard InChI is InChI=1S/C40H42Si.2ClH.Zr/c1-25(2)35-23-31-11-9-13-33(29-19-15-27(5)16-20-29)37(31)39(35)41(7,8)40-36(26(3)4)24-32-12-10-14-34(38(32)40)30-21-17-28(6)18-22-30;;;/h9-26H,1-8H3;2*1H;/q;;;+2/p-2. The summed E-state index contributed by atoms with van der Waals surface area (Å²) in [7, 11) is -2.17. The molecule has 2 atom stereocenters. The van der Waals surface area contributed by atoms with Crippen LogP contribution in [0.3, 0.4) is 0 Å². The van der Waals surface area contributed by atoms with Gasteiger partial charge in [-0.1, -0.05) is 0 Å². The molecule has 3 aliphatic rings. The van der Waals surface area contributed by atoms with Crippen molar-refractivity contribution < 1.29 is 48.0 Å². The number of hydrogen-bond donors (Lipinski definition) is 0. The van der Waals surface area contributed by atoms with Crippen molar-refractivity contribution in [1.82, 2.24) is 0 Å². The Kier molecular flexibility index (Phi) is 9.36. The molecule has 0 saturated heterocycles. The molecule has 0 saturated carbocycles. The second-order valence-electron chi connectivity index (χ2n) is 13.9. The predicted molar refractivity (Wildman–Crippen MR) is 180 cm³/mol. The third kappa shape index (κ3) is 5.04. The van der Waals surface area contributed by atoms with E-state index in [1.165, 1.54) is 33.4 Å². The van der Waals surface area contributed by atoms with Crippen molar-refractivity contribution in [3.05, 3.63) is 129 Å². The van der Waals surface area contributed by atoms with E-state index in [2.05, 4.69) is 140 Å². The summed E-state index contributed by atoms with van der Waals surface area (Å²) in [5.74, 6) is 1.13. The topological polar surface area (TPSA) is 0 Å². The Bertz CT molecular complexity index is 1660. The molecule has 1 aliphatic heterocycles. The van der Waals surface area contributed by atoms with Crippen molar-refractivity contribution in [3.8, 4) is 22.3 Å². The first-order valence-electron chi connectivity index (χ1n) is 15.7. The number of fused-ring (bicyclic) bond motifs is 8. The first-order valence-corrected chi connectivity index (χ1v) is 21.6. The Balaban J connectivity index is 0.00000192. The SMILES string of the molecule is Cc1ccc(-c2cccc3c2C2=C(C(C)C)[CH]3[Zr+2][CH]3C(C(C)C)=C(c4c(-c5ccc(C)cc5)cccc43)[Si]2(C)C)cc1.[Cl-].[Cl-]. The third-order valence-corrected chi connectivity index (χ3v) is 18.3. The van der Waals surface area contributed by atoms with Gasteiger partial charge in [0.1, 0.15) is 0 Å². The summed E-state index contributed by atoms with van der Waals surface area (Å²) in [6.45, 7) is 19.7. The quantitative estimate of drug-likeness (QED) is 0.257. The van der Waals surface area contributed by atoms with E-state index in [9.17, 15) is 0 Å². The maximum atomic E-state index is 2.70. The number of benzene rings is 4. The summed E-state index contributed by atoms with van der Waals surface area (Å²) < 4.78 is 1.29. The van der Waals surface area contributed by atoms with Crippen LogP contribution < -0.4 is 24.8 Å². The van der Waals surface area contributed by atoms with Crippen LogP contribution in [-0.2, 0) is 23.2 Å². The van der Waals surface area contributed by atoms with Crippen LogP contribution in [0.1, 0.15) is 68.3 Å². The van der Waals surface area contributed by atoms with E-state index in [0.29, 0.717) is 19.1 Å². The zero-order valence-corrected chi connectivity index (χ0v) is 32.1. The van der Waals surface area contributed by atoms with Crippen molar-refractivity contribution in [2.24, 2.45) is 11.8 Å². The molecule has 2 unspecified atom stereocenters. The van der Waals surface area contributed by atoms with E-state index >= 15 is 0 Å². The van der Waals surface area contributed by atoms with Gasteiger partial charge >= 0.3 is 267 Å². The Morgan fingerprint density at radius 3 is 1.25 bits per heavy atom. The van der Waals surface area contributed by atoms with Crippen LogP contribution in [0.5, 0.6) is 0 Å². The maximum Gasteiger partial charge on any atom is -1.00 e. The van der Waals surface area contributed by atoms with E-state index in [1.807, 2.05) is 11.1 Å². The predicted octanol–water partition coefficient (Wildman–Crippen LogP) is 5.16. The van der Waals surface area contributed by atoms with E-state index in [1.54, 1.807) is 32.6 Å². The number of hydrogen-bond acceptors (Lipinski definition) is 0. The largest absolute Gasteiger partial charge is 1.00 e. The van der Waals surface area contributed by atoms with Crippen LogP contribution >= 0.6 is 0 Å². The minimum Gasteiger partial charge on any atom is -1.00 e. The fraction of sp³-hybridized carbons (Fsp3) is 0.300. The second-order valence-corrected chi connectivity index (χ2v) is 21.8. The minimum atomic E-state index is -2.17. The van der Waals surface area contributed by atoms with Crippen molar-refractivity contribution >= 4 is 18.5 Å². The molecule has 224 valence electrons. The monoisotopic (exact) mass is 710 g/mol. The molecule has 4 aromatic carbocycles. The van der Waals surface area contributed by atoms with E-state index in [4.69, 9.17) is 0 Å². The molecule has 44 heavy (non-hydrogen) atoms. The average Bonchev–Trinajstić information content (AvgIpc) is 3.50. The Labute approximate surface area is 289 Å². The number of rotatable bonds is 4. The second kappa shape index (κ2) is 12.3. The van der Waals surface area contributed by atoms with Gasteiger partial charge in [0.2, 0.25) is 0 Å². The Morgan fingerprint density at radius 2 is 0.909 bits per heavy atom. The maximum absolute atomic E-state index is 2.70. The molecule has 4 bridgehead atoms. The van der Waals surface area contributed by atoms with Gasteiger partial charge in [0.05, 0.1) is 0 Å². The summed E-state index contributed by atoms with van der Waals surface area (Å²) in [4.78, 5) is 0. The molecule has 4 heteroatoms. The fourth-order valence-electron chi connectivity index (χ4n) is 8.28. The molecule has 1 heterocycles. The minimum absolute atomic E-state index is 0. The Morgan fingerprint density at radius 1 is 0.545 bits per heavy atom. The molecule has 4 aromatic rings. The summed E-state index contributed by atoms with van der Waals surface area (Å²) in [6, 6.07) is 33.2. The van der Waals surface area contributed by atoms with Crippen molar-refractivity contribution in [1.29, 1.82) is 0 Å². The molecule has 0 nitrogen and oxygen atoms in total. The molecule has 0 aromatic heterocycles. The molecule has 7 rings (SSSR count). The van der Waals surface area contributed by atoms with Gasteiger partial charge in [-0.15, -0.1) is 0 Å². The van der Waals surface area contributed by atoms with Crippen LogP contribution in [0.25, 0.3) is 32.6 Å². The molecular weight excluding hydrogens is 671 g/mol. The van der Waals surface area contributed by atoms with Crippen molar-refractivity contribution in [2.75, 3.05) is 0 Å². The van der Waals surface area contributed by atoms with Gasteiger partial charge in [0.25, 0.3) is 0 Å². The number of allylic oxidation sites excluding steroid dienone is 2. The van der Waals surface area contributed by atoms with Gasteiger partial charge in [0, 0.05) is 0 Å². The molecule has 0 N–H and O–H groups in total. The van der Waals surface area contributed by atoms with Crippen LogP contribution in [0, 0.1) is 25.7 Å². The zero-order valence-electron chi connectivity index (χ0n) is 27.1. The average molecular weight is 713 g/mol. The molecule has 0 radical (unpaired) electrons. The normalized spacial score (nSPS) is 19.0.